The number of rotatable bonds is 9. The summed E-state index contributed by atoms with van der Waals surface area (Å²) in [6.45, 7) is -0.749. The number of aliphatic carboxylic acids is 1. The molecule has 0 bridgehead atoms. The van der Waals surface area contributed by atoms with Gasteiger partial charge < -0.3 is 20.3 Å². The predicted molar refractivity (Wildman–Crippen MR) is 121 cm³/mol. The summed E-state index contributed by atoms with van der Waals surface area (Å²) >= 11 is 0. The molecule has 0 radical (unpaired) electrons. The highest BCUT2D eigenvalue weighted by molar-refractivity contribution is 7.89. The lowest BCUT2D eigenvalue weighted by molar-refractivity contribution is -0.139. The maximum absolute atomic E-state index is 14.0. The van der Waals surface area contributed by atoms with Crippen LogP contribution in [-0.2, 0) is 21.4 Å². The first kappa shape index (κ1) is 24.9. The molecule has 0 aliphatic carbocycles. The van der Waals surface area contributed by atoms with Crippen molar-refractivity contribution >= 4 is 21.7 Å². The van der Waals surface area contributed by atoms with Crippen molar-refractivity contribution in [2.24, 2.45) is 0 Å². The summed E-state index contributed by atoms with van der Waals surface area (Å²) in [7, 11) is -1.46. The number of ether oxygens (including phenoxy) is 2. The molecule has 3 aromatic rings. The molecule has 0 spiro atoms. The molecule has 3 rings (SSSR count). The van der Waals surface area contributed by atoms with Gasteiger partial charge in [0.15, 0.2) is 18.2 Å². The first-order valence-electron chi connectivity index (χ1n) is 9.85. The Morgan fingerprint density at radius 2 is 1.76 bits per heavy atom. The average Bonchev–Trinajstić information content (AvgIpc) is 2.77. The Kier molecular flexibility index (Phi) is 7.38. The fourth-order valence-electron chi connectivity index (χ4n) is 3.26. The molecule has 0 aliphatic heterocycles. The minimum absolute atomic E-state index is 0.0856. The monoisotopic (exact) mass is 492 g/mol. The molecule has 34 heavy (non-hydrogen) atoms. The molecule has 0 saturated heterocycles. The van der Waals surface area contributed by atoms with E-state index >= 15 is 0 Å². The van der Waals surface area contributed by atoms with Gasteiger partial charge in [-0.3, -0.25) is 0 Å². The number of carboxylic acid groups (broad SMARTS) is 1. The number of sulfonamides is 1. The van der Waals surface area contributed by atoms with Crippen LogP contribution < -0.4 is 15.2 Å². The van der Waals surface area contributed by atoms with Crippen LogP contribution in [0.1, 0.15) is 5.56 Å². The summed E-state index contributed by atoms with van der Waals surface area (Å²) < 4.78 is 65.0. The molecular formula is C23H22F2N2O6S. The minimum atomic E-state index is -4.06. The summed E-state index contributed by atoms with van der Waals surface area (Å²) in [5.41, 5.74) is 7.02. The maximum atomic E-state index is 14.0. The Balaban J connectivity index is 1.96. The molecule has 0 fully saturated rings. The van der Waals surface area contributed by atoms with Gasteiger partial charge >= 0.3 is 5.97 Å². The number of nitrogens with two attached hydrogens (primary N) is 1. The van der Waals surface area contributed by atoms with Gasteiger partial charge in [0.2, 0.25) is 10.0 Å². The molecular weight excluding hydrogens is 470 g/mol. The van der Waals surface area contributed by atoms with E-state index in [9.17, 15) is 22.0 Å². The summed E-state index contributed by atoms with van der Waals surface area (Å²) in [6, 6.07) is 11.7. The summed E-state index contributed by atoms with van der Waals surface area (Å²) in [4.78, 5) is 10.7. The van der Waals surface area contributed by atoms with Gasteiger partial charge in [-0.2, -0.15) is 4.31 Å². The molecule has 0 aliphatic rings. The lowest BCUT2D eigenvalue weighted by atomic mass is 10.0. The third kappa shape index (κ3) is 5.61. The van der Waals surface area contributed by atoms with Crippen LogP contribution in [0.5, 0.6) is 11.5 Å². The number of hydrogen-bond acceptors (Lipinski definition) is 6. The number of methoxy groups -OCH3 is 1. The van der Waals surface area contributed by atoms with Crippen LogP contribution in [0.4, 0.5) is 14.5 Å². The van der Waals surface area contributed by atoms with Crippen LogP contribution in [0, 0.1) is 11.6 Å². The van der Waals surface area contributed by atoms with Gasteiger partial charge in [0.1, 0.15) is 11.6 Å². The van der Waals surface area contributed by atoms with Crippen molar-refractivity contribution in [2.45, 2.75) is 11.4 Å². The largest absolute Gasteiger partial charge is 0.494 e. The third-order valence-electron chi connectivity index (χ3n) is 4.86. The van der Waals surface area contributed by atoms with Gasteiger partial charge in [-0.15, -0.1) is 0 Å². The number of hydrogen-bond donors (Lipinski definition) is 2. The number of anilines is 1. The van der Waals surface area contributed by atoms with E-state index in [1.165, 1.54) is 44.5 Å². The quantitative estimate of drug-likeness (QED) is 0.439. The van der Waals surface area contributed by atoms with E-state index < -0.39 is 34.2 Å². The fraction of sp³-hybridized carbons (Fsp3) is 0.174. The second-order valence-corrected chi connectivity index (χ2v) is 9.39. The molecule has 3 N–H and O–H groups in total. The van der Waals surface area contributed by atoms with Crippen molar-refractivity contribution < 1.29 is 36.6 Å². The Morgan fingerprint density at radius 1 is 1.06 bits per heavy atom. The lowest BCUT2D eigenvalue weighted by Gasteiger charge is -2.19. The van der Waals surface area contributed by atoms with Crippen LogP contribution >= 0.6 is 0 Å². The molecule has 11 heteroatoms. The van der Waals surface area contributed by atoms with Crippen LogP contribution in [-0.4, -0.2) is 44.6 Å². The van der Waals surface area contributed by atoms with E-state index in [4.69, 9.17) is 20.3 Å². The van der Waals surface area contributed by atoms with Gasteiger partial charge in [0.05, 0.1) is 12.0 Å². The third-order valence-corrected chi connectivity index (χ3v) is 6.66. The van der Waals surface area contributed by atoms with Crippen molar-refractivity contribution in [1.82, 2.24) is 4.31 Å². The van der Waals surface area contributed by atoms with Crippen LogP contribution in [0.15, 0.2) is 59.5 Å². The molecule has 0 saturated carbocycles. The molecule has 0 aromatic heterocycles. The van der Waals surface area contributed by atoms with Crippen molar-refractivity contribution in [1.29, 1.82) is 0 Å². The van der Waals surface area contributed by atoms with Gasteiger partial charge in [-0.25, -0.2) is 22.0 Å². The zero-order valence-electron chi connectivity index (χ0n) is 18.3. The number of nitrogens with zero attached hydrogens (tertiary/aromatic N) is 1. The Bertz CT molecular complexity index is 1310. The van der Waals surface area contributed by atoms with Crippen molar-refractivity contribution in [2.75, 3.05) is 26.5 Å². The Morgan fingerprint density at radius 3 is 2.38 bits per heavy atom. The minimum Gasteiger partial charge on any atom is -0.494 e. The number of carboxylic acids is 1. The molecule has 0 amide bonds. The van der Waals surface area contributed by atoms with Gasteiger partial charge in [-0.1, -0.05) is 6.07 Å². The summed E-state index contributed by atoms with van der Waals surface area (Å²) in [6.07, 6.45) is 0. The zero-order chi connectivity index (χ0) is 25.0. The van der Waals surface area contributed by atoms with Gasteiger partial charge in [0.25, 0.3) is 0 Å². The number of nitrogen functional groups attached to an aromatic ring is 1. The average molecular weight is 493 g/mol. The predicted octanol–water partition coefficient (Wildman–Crippen LogP) is 3.51. The van der Waals surface area contributed by atoms with Gasteiger partial charge in [-0.05, 0) is 59.7 Å². The molecule has 0 atom stereocenters. The first-order chi connectivity index (χ1) is 16.0. The smallest absolute Gasteiger partial charge is 0.341 e. The van der Waals surface area contributed by atoms with Crippen molar-refractivity contribution in [3.8, 4) is 22.6 Å². The van der Waals surface area contributed by atoms with Crippen molar-refractivity contribution in [3.05, 3.63) is 71.8 Å². The lowest BCUT2D eigenvalue weighted by Crippen LogP contribution is -2.26. The topological polar surface area (TPSA) is 119 Å². The fourth-order valence-corrected chi connectivity index (χ4v) is 4.44. The highest BCUT2D eigenvalue weighted by Gasteiger charge is 2.23. The molecule has 8 nitrogen and oxygen atoms in total. The van der Waals surface area contributed by atoms with E-state index in [1.807, 2.05) is 0 Å². The van der Waals surface area contributed by atoms with Crippen LogP contribution in [0.25, 0.3) is 11.1 Å². The highest BCUT2D eigenvalue weighted by Crippen LogP contribution is 2.34. The Labute approximate surface area is 195 Å². The van der Waals surface area contributed by atoms with E-state index in [-0.39, 0.29) is 28.6 Å². The SMILES string of the molecule is COc1ccc(S(=O)(=O)N(C)Cc2ccc(OCC(=O)O)c(-c3cc(N)cc(F)c3)c2)cc1F. The van der Waals surface area contributed by atoms with E-state index in [2.05, 4.69) is 0 Å². The van der Waals surface area contributed by atoms with Crippen molar-refractivity contribution in [3.63, 3.8) is 0 Å². The number of benzene rings is 3. The van der Waals surface area contributed by atoms with E-state index in [0.717, 1.165) is 16.4 Å². The van der Waals surface area contributed by atoms with Crippen LogP contribution in [0.2, 0.25) is 0 Å². The molecule has 3 aromatic carbocycles. The second-order valence-electron chi connectivity index (χ2n) is 7.34. The second kappa shape index (κ2) is 10.1. The van der Waals surface area contributed by atoms with E-state index in [0.29, 0.717) is 16.7 Å². The Hall–Kier alpha value is -3.70. The van der Waals surface area contributed by atoms with E-state index in [1.54, 1.807) is 12.1 Å². The summed E-state index contributed by atoms with van der Waals surface area (Å²) in [5, 5.41) is 8.94. The standard InChI is InChI=1S/C23H22F2N2O6S/c1-27(34(30,31)18-4-6-22(32-2)20(25)11-18)12-14-3-5-21(33-13-23(28)29)19(7-14)15-8-16(24)10-17(26)9-15/h3-11H,12-13,26H2,1-2H3,(H,28,29). The first-order valence-corrected chi connectivity index (χ1v) is 11.3. The highest BCUT2D eigenvalue weighted by atomic mass is 32.2. The molecule has 0 unspecified atom stereocenters. The molecule has 180 valence electrons. The molecule has 0 heterocycles. The maximum Gasteiger partial charge on any atom is 0.341 e. The number of carbonyl (C=O) groups is 1. The van der Waals surface area contributed by atoms with Crippen LogP contribution in [0.3, 0.4) is 0 Å². The normalized spacial score (nSPS) is 11.4. The summed E-state index contributed by atoms with van der Waals surface area (Å²) in [5.74, 6) is -2.56. The zero-order valence-corrected chi connectivity index (χ0v) is 19.1. The number of halogens is 2. The van der Waals surface area contributed by atoms with Gasteiger partial charge in [0, 0.05) is 24.8 Å².